The molecule has 0 bridgehead atoms. The average molecular weight is 245 g/mol. The van der Waals surface area contributed by atoms with Crippen LogP contribution in [0.25, 0.3) is 10.9 Å². The number of rotatable bonds is 5. The molecule has 0 aliphatic carbocycles. The number of nitrogens with zero attached hydrogens (tertiary/aromatic N) is 2. The second-order valence-electron chi connectivity index (χ2n) is 4.19. The third kappa shape index (κ3) is 2.54. The van der Waals surface area contributed by atoms with Gasteiger partial charge in [0.2, 0.25) is 0 Å². The van der Waals surface area contributed by atoms with Gasteiger partial charge in [-0.2, -0.15) is 0 Å². The van der Waals surface area contributed by atoms with Crippen LogP contribution < -0.4 is 10.6 Å². The zero-order valence-electron chi connectivity index (χ0n) is 10.9. The Balaban J connectivity index is 2.25. The second kappa shape index (κ2) is 5.69. The van der Waals surface area contributed by atoms with E-state index in [0.29, 0.717) is 6.61 Å². The van der Waals surface area contributed by atoms with E-state index in [-0.39, 0.29) is 0 Å². The first-order chi connectivity index (χ1) is 8.74. The number of likely N-dealkylation sites (N-methyl/N-ethyl adjacent to an activating group) is 1. The van der Waals surface area contributed by atoms with Crippen molar-refractivity contribution in [3.05, 3.63) is 30.5 Å². The van der Waals surface area contributed by atoms with Gasteiger partial charge in [0, 0.05) is 31.8 Å². The molecule has 0 atom stereocenters. The maximum Gasteiger partial charge on any atom is 0.0724 e. The molecule has 2 N–H and O–H groups in total. The van der Waals surface area contributed by atoms with Crippen molar-refractivity contribution in [1.29, 1.82) is 0 Å². The highest BCUT2D eigenvalue weighted by Crippen LogP contribution is 2.29. The van der Waals surface area contributed by atoms with Crippen LogP contribution in [0.3, 0.4) is 0 Å². The van der Waals surface area contributed by atoms with E-state index in [4.69, 9.17) is 10.5 Å². The number of nitrogen functional groups attached to an aromatic ring is 1. The summed E-state index contributed by atoms with van der Waals surface area (Å²) in [6.07, 6.45) is 1.78. The van der Waals surface area contributed by atoms with Gasteiger partial charge in [-0.15, -0.1) is 0 Å². The molecule has 0 amide bonds. The first kappa shape index (κ1) is 12.6. The van der Waals surface area contributed by atoms with Gasteiger partial charge in [0.05, 0.1) is 23.5 Å². The summed E-state index contributed by atoms with van der Waals surface area (Å²) in [6, 6.07) is 7.91. The Morgan fingerprint density at radius 2 is 2.17 bits per heavy atom. The summed E-state index contributed by atoms with van der Waals surface area (Å²) in [6.45, 7) is 4.27. The molecule has 4 heteroatoms. The third-order valence-electron chi connectivity index (χ3n) is 2.99. The minimum Gasteiger partial charge on any atom is -0.396 e. The van der Waals surface area contributed by atoms with Crippen molar-refractivity contribution in [1.82, 2.24) is 4.98 Å². The van der Waals surface area contributed by atoms with Crippen molar-refractivity contribution in [3.63, 3.8) is 0 Å². The lowest BCUT2D eigenvalue weighted by atomic mass is 10.1. The lowest BCUT2D eigenvalue weighted by Gasteiger charge is -2.21. The average Bonchev–Trinajstić information content (AvgIpc) is 2.39. The first-order valence-electron chi connectivity index (χ1n) is 6.16. The second-order valence-corrected chi connectivity index (χ2v) is 4.19. The zero-order valence-corrected chi connectivity index (χ0v) is 10.9. The van der Waals surface area contributed by atoms with Crippen LogP contribution in [0.4, 0.5) is 11.4 Å². The normalized spacial score (nSPS) is 10.8. The van der Waals surface area contributed by atoms with Crippen LogP contribution in [0.1, 0.15) is 6.92 Å². The molecule has 1 heterocycles. The maximum absolute atomic E-state index is 6.20. The van der Waals surface area contributed by atoms with E-state index in [1.165, 1.54) is 0 Å². The molecule has 0 aliphatic rings. The minimum atomic E-state index is 0.706. The largest absolute Gasteiger partial charge is 0.396 e. The molecule has 0 fully saturated rings. The van der Waals surface area contributed by atoms with Crippen molar-refractivity contribution < 1.29 is 4.74 Å². The molecule has 0 saturated heterocycles. The Morgan fingerprint density at radius 3 is 2.94 bits per heavy atom. The minimum absolute atomic E-state index is 0.706. The van der Waals surface area contributed by atoms with E-state index in [9.17, 15) is 0 Å². The van der Waals surface area contributed by atoms with Gasteiger partial charge in [-0.3, -0.25) is 4.98 Å². The third-order valence-corrected chi connectivity index (χ3v) is 2.99. The summed E-state index contributed by atoms with van der Waals surface area (Å²) in [5.41, 5.74) is 8.93. The Labute approximate surface area is 107 Å². The monoisotopic (exact) mass is 245 g/mol. The van der Waals surface area contributed by atoms with Gasteiger partial charge in [-0.25, -0.2) is 0 Å². The molecule has 4 nitrogen and oxygen atoms in total. The number of anilines is 2. The first-order valence-corrected chi connectivity index (χ1v) is 6.16. The van der Waals surface area contributed by atoms with Gasteiger partial charge in [0.25, 0.3) is 0 Å². The fraction of sp³-hybridized carbons (Fsp3) is 0.357. The smallest absolute Gasteiger partial charge is 0.0724 e. The van der Waals surface area contributed by atoms with Crippen LogP contribution in [0.15, 0.2) is 30.5 Å². The highest BCUT2D eigenvalue weighted by Gasteiger charge is 2.08. The summed E-state index contributed by atoms with van der Waals surface area (Å²) in [4.78, 5) is 6.40. The SMILES string of the molecule is CCOCCN(C)c1ccc2ncccc2c1N. The molecule has 0 radical (unpaired) electrons. The summed E-state index contributed by atoms with van der Waals surface area (Å²) in [5.74, 6) is 0. The fourth-order valence-electron chi connectivity index (χ4n) is 1.96. The number of nitrogens with two attached hydrogens (primary N) is 1. The number of hydrogen-bond acceptors (Lipinski definition) is 4. The van der Waals surface area contributed by atoms with Crippen molar-refractivity contribution in [2.45, 2.75) is 6.92 Å². The van der Waals surface area contributed by atoms with Crippen molar-refractivity contribution in [2.75, 3.05) is 37.4 Å². The number of fused-ring (bicyclic) bond motifs is 1. The standard InChI is InChI=1S/C14H19N3O/c1-3-18-10-9-17(2)13-7-6-12-11(14(13)15)5-4-8-16-12/h4-8H,3,9-10,15H2,1-2H3. The topological polar surface area (TPSA) is 51.4 Å². The summed E-state index contributed by atoms with van der Waals surface area (Å²) < 4.78 is 5.36. The number of benzene rings is 1. The van der Waals surface area contributed by atoms with Crippen molar-refractivity contribution in [2.24, 2.45) is 0 Å². The van der Waals surface area contributed by atoms with Gasteiger partial charge in [-0.05, 0) is 31.2 Å². The quantitative estimate of drug-likeness (QED) is 0.648. The molecule has 96 valence electrons. The van der Waals surface area contributed by atoms with E-state index in [1.54, 1.807) is 6.20 Å². The molecule has 2 aromatic rings. The zero-order chi connectivity index (χ0) is 13.0. The Morgan fingerprint density at radius 1 is 1.33 bits per heavy atom. The molecule has 0 aliphatic heterocycles. The van der Waals surface area contributed by atoms with Crippen LogP contribution in [-0.2, 0) is 4.74 Å². The van der Waals surface area contributed by atoms with Gasteiger partial charge >= 0.3 is 0 Å². The molecular formula is C14H19N3O. The fourth-order valence-corrected chi connectivity index (χ4v) is 1.96. The van der Waals surface area contributed by atoms with Crippen molar-refractivity contribution in [3.8, 4) is 0 Å². The van der Waals surface area contributed by atoms with Gasteiger partial charge in [0.1, 0.15) is 0 Å². The molecule has 0 saturated carbocycles. The number of aromatic nitrogens is 1. The van der Waals surface area contributed by atoms with E-state index >= 15 is 0 Å². The number of hydrogen-bond donors (Lipinski definition) is 1. The highest BCUT2D eigenvalue weighted by atomic mass is 16.5. The lowest BCUT2D eigenvalue weighted by molar-refractivity contribution is 0.154. The van der Waals surface area contributed by atoms with Crippen molar-refractivity contribution >= 4 is 22.3 Å². The van der Waals surface area contributed by atoms with Crippen LogP contribution in [0, 0.1) is 0 Å². The summed E-state index contributed by atoms with van der Waals surface area (Å²) in [7, 11) is 2.02. The van der Waals surface area contributed by atoms with Crippen LogP contribution in [0.2, 0.25) is 0 Å². The molecule has 0 spiro atoms. The van der Waals surface area contributed by atoms with Gasteiger partial charge in [-0.1, -0.05) is 0 Å². The highest BCUT2D eigenvalue weighted by molar-refractivity contribution is 5.97. The summed E-state index contributed by atoms with van der Waals surface area (Å²) >= 11 is 0. The van der Waals surface area contributed by atoms with E-state index in [2.05, 4.69) is 9.88 Å². The molecule has 1 aromatic heterocycles. The van der Waals surface area contributed by atoms with E-state index in [1.807, 2.05) is 38.2 Å². The Bertz CT molecular complexity index is 527. The van der Waals surface area contributed by atoms with E-state index < -0.39 is 0 Å². The van der Waals surface area contributed by atoms with Crippen LogP contribution >= 0.6 is 0 Å². The predicted molar refractivity (Wildman–Crippen MR) is 75.9 cm³/mol. The Kier molecular flexibility index (Phi) is 3.99. The van der Waals surface area contributed by atoms with Gasteiger partial charge < -0.3 is 15.4 Å². The summed E-state index contributed by atoms with van der Waals surface area (Å²) in [5, 5.41) is 0.998. The number of ether oxygens (including phenoxy) is 1. The maximum atomic E-state index is 6.20. The molecule has 2 rings (SSSR count). The van der Waals surface area contributed by atoms with Crippen LogP contribution in [0.5, 0.6) is 0 Å². The van der Waals surface area contributed by atoms with E-state index in [0.717, 1.165) is 35.4 Å². The molecular weight excluding hydrogens is 226 g/mol. The lowest BCUT2D eigenvalue weighted by Crippen LogP contribution is -2.23. The van der Waals surface area contributed by atoms with Crippen LogP contribution in [-0.4, -0.2) is 31.8 Å². The van der Waals surface area contributed by atoms with Gasteiger partial charge in [0.15, 0.2) is 0 Å². The number of pyridine rings is 1. The Hall–Kier alpha value is -1.81. The molecule has 18 heavy (non-hydrogen) atoms. The molecule has 1 aromatic carbocycles. The predicted octanol–water partition coefficient (Wildman–Crippen LogP) is 2.29. The molecule has 0 unspecified atom stereocenters.